The Morgan fingerprint density at radius 3 is 2.79 bits per heavy atom. The van der Waals surface area contributed by atoms with Crippen LogP contribution in [-0.4, -0.2) is 42.5 Å². The highest BCUT2D eigenvalue weighted by Gasteiger charge is 2.39. The van der Waals surface area contributed by atoms with E-state index in [1.807, 2.05) is 0 Å². The maximum absolute atomic E-state index is 11.6. The number of nitrogens with zero attached hydrogens (tertiary/aromatic N) is 1. The van der Waals surface area contributed by atoms with E-state index in [2.05, 4.69) is 10.2 Å². The minimum Gasteiger partial charge on any atom is -0.358 e. The van der Waals surface area contributed by atoms with E-state index >= 15 is 0 Å². The third kappa shape index (κ3) is 1.64. The third-order valence-corrected chi connectivity index (χ3v) is 3.46. The van der Waals surface area contributed by atoms with Crippen LogP contribution in [0.1, 0.15) is 25.7 Å². The summed E-state index contributed by atoms with van der Waals surface area (Å²) in [6.07, 6.45) is 4.27. The number of carbonyl (C=O) groups is 1. The highest BCUT2D eigenvalue weighted by molar-refractivity contribution is 5.81. The van der Waals surface area contributed by atoms with Gasteiger partial charge in [0.2, 0.25) is 5.91 Å². The van der Waals surface area contributed by atoms with Gasteiger partial charge in [-0.2, -0.15) is 0 Å². The zero-order valence-corrected chi connectivity index (χ0v) is 8.70. The quantitative estimate of drug-likeness (QED) is 0.638. The minimum absolute atomic E-state index is 0.109. The monoisotopic (exact) mass is 197 g/mol. The Kier molecular flexibility index (Phi) is 2.74. The van der Waals surface area contributed by atoms with Gasteiger partial charge in [0.25, 0.3) is 0 Å². The van der Waals surface area contributed by atoms with Gasteiger partial charge in [0.15, 0.2) is 0 Å². The smallest absolute Gasteiger partial charge is 0.237 e. The molecule has 0 aromatic carbocycles. The van der Waals surface area contributed by atoms with Crippen LogP contribution in [0.2, 0.25) is 0 Å². The Hall–Kier alpha value is -0.610. The second-order valence-corrected chi connectivity index (χ2v) is 4.40. The molecule has 0 spiro atoms. The van der Waals surface area contributed by atoms with Crippen molar-refractivity contribution in [3.05, 3.63) is 0 Å². The summed E-state index contributed by atoms with van der Waals surface area (Å²) in [6, 6.07) is 1.04. The molecule has 3 N–H and O–H groups in total. The van der Waals surface area contributed by atoms with Gasteiger partial charge >= 0.3 is 0 Å². The van der Waals surface area contributed by atoms with E-state index in [9.17, 15) is 4.79 Å². The summed E-state index contributed by atoms with van der Waals surface area (Å²) in [6.45, 7) is 1.06. The van der Waals surface area contributed by atoms with Gasteiger partial charge in [-0.25, -0.2) is 0 Å². The van der Waals surface area contributed by atoms with Crippen molar-refractivity contribution < 1.29 is 4.79 Å². The molecule has 1 heterocycles. The van der Waals surface area contributed by atoms with Gasteiger partial charge in [0, 0.05) is 19.1 Å². The van der Waals surface area contributed by atoms with Crippen LogP contribution in [0.3, 0.4) is 0 Å². The zero-order chi connectivity index (χ0) is 10.1. The van der Waals surface area contributed by atoms with Gasteiger partial charge in [-0.1, -0.05) is 0 Å². The van der Waals surface area contributed by atoms with Gasteiger partial charge in [0.1, 0.15) is 0 Å². The number of rotatable bonds is 2. The molecule has 1 amide bonds. The van der Waals surface area contributed by atoms with E-state index in [0.29, 0.717) is 12.1 Å². The average molecular weight is 197 g/mol. The largest absolute Gasteiger partial charge is 0.358 e. The number of likely N-dealkylation sites (tertiary alicyclic amines) is 1. The summed E-state index contributed by atoms with van der Waals surface area (Å²) in [4.78, 5) is 13.9. The van der Waals surface area contributed by atoms with Crippen LogP contribution in [0.25, 0.3) is 0 Å². The SMILES string of the molecule is CNC(=O)C1CCCN1C1CC(N)C1. The van der Waals surface area contributed by atoms with Crippen molar-refractivity contribution in [2.45, 2.75) is 43.8 Å². The highest BCUT2D eigenvalue weighted by Crippen LogP contribution is 2.30. The first-order chi connectivity index (χ1) is 6.72. The molecule has 1 saturated carbocycles. The number of amides is 1. The summed E-state index contributed by atoms with van der Waals surface area (Å²) in [5, 5.41) is 2.74. The van der Waals surface area contributed by atoms with Gasteiger partial charge in [0.05, 0.1) is 6.04 Å². The van der Waals surface area contributed by atoms with E-state index in [1.165, 1.54) is 0 Å². The number of carbonyl (C=O) groups excluding carboxylic acids is 1. The van der Waals surface area contributed by atoms with E-state index in [4.69, 9.17) is 5.73 Å². The molecule has 0 bridgehead atoms. The van der Waals surface area contributed by atoms with Crippen LogP contribution in [0, 0.1) is 0 Å². The third-order valence-electron chi connectivity index (χ3n) is 3.46. The number of nitrogens with two attached hydrogens (primary N) is 1. The summed E-state index contributed by atoms with van der Waals surface area (Å²) in [5.41, 5.74) is 5.76. The maximum atomic E-state index is 11.6. The first-order valence-electron chi connectivity index (χ1n) is 5.45. The lowest BCUT2D eigenvalue weighted by Gasteiger charge is -2.41. The molecule has 4 nitrogen and oxygen atoms in total. The molecule has 1 unspecified atom stereocenters. The Balaban J connectivity index is 1.93. The molecule has 2 fully saturated rings. The first-order valence-corrected chi connectivity index (χ1v) is 5.45. The molecule has 0 aromatic rings. The lowest BCUT2D eigenvalue weighted by molar-refractivity contribution is -0.126. The standard InChI is InChI=1S/C10H19N3O/c1-12-10(14)9-3-2-4-13(9)8-5-7(11)6-8/h7-9H,2-6,11H2,1H3,(H,12,14). The Bertz CT molecular complexity index is 225. The Morgan fingerprint density at radius 1 is 1.50 bits per heavy atom. The lowest BCUT2D eigenvalue weighted by atomic mass is 9.86. The molecule has 0 aromatic heterocycles. The minimum atomic E-state index is 0.109. The molecule has 1 aliphatic carbocycles. The first kappa shape index (κ1) is 9.93. The molecule has 1 saturated heterocycles. The normalized spacial score (nSPS) is 38.0. The zero-order valence-electron chi connectivity index (χ0n) is 8.70. The molecule has 2 aliphatic rings. The van der Waals surface area contributed by atoms with Crippen molar-refractivity contribution in [1.29, 1.82) is 0 Å². The fourth-order valence-electron chi connectivity index (χ4n) is 2.57. The Labute approximate surface area is 84.8 Å². The number of likely N-dealkylation sites (N-methyl/N-ethyl adjacent to an activating group) is 1. The molecule has 2 rings (SSSR count). The second kappa shape index (κ2) is 3.87. The second-order valence-electron chi connectivity index (χ2n) is 4.40. The van der Waals surface area contributed by atoms with Gasteiger partial charge in [-0.3, -0.25) is 9.69 Å². The fourth-order valence-corrected chi connectivity index (χ4v) is 2.57. The fraction of sp³-hybridized carbons (Fsp3) is 0.900. The number of hydrogen-bond acceptors (Lipinski definition) is 3. The van der Waals surface area contributed by atoms with E-state index in [0.717, 1.165) is 32.2 Å². The highest BCUT2D eigenvalue weighted by atomic mass is 16.2. The Morgan fingerprint density at radius 2 is 2.21 bits per heavy atom. The van der Waals surface area contributed by atoms with E-state index in [-0.39, 0.29) is 11.9 Å². The van der Waals surface area contributed by atoms with Crippen molar-refractivity contribution in [2.75, 3.05) is 13.6 Å². The van der Waals surface area contributed by atoms with Crippen molar-refractivity contribution in [3.63, 3.8) is 0 Å². The molecular formula is C10H19N3O. The summed E-state index contributed by atoms with van der Waals surface area (Å²) >= 11 is 0. The molecule has 80 valence electrons. The predicted octanol–water partition coefficient (Wildman–Crippen LogP) is -0.313. The van der Waals surface area contributed by atoms with Gasteiger partial charge in [-0.15, -0.1) is 0 Å². The molecule has 14 heavy (non-hydrogen) atoms. The van der Waals surface area contributed by atoms with Gasteiger partial charge < -0.3 is 11.1 Å². The summed E-state index contributed by atoms with van der Waals surface area (Å²) in [7, 11) is 1.71. The van der Waals surface area contributed by atoms with Crippen LogP contribution in [0.4, 0.5) is 0 Å². The topological polar surface area (TPSA) is 58.4 Å². The molecular weight excluding hydrogens is 178 g/mol. The van der Waals surface area contributed by atoms with E-state index < -0.39 is 0 Å². The average Bonchev–Trinajstić information content (AvgIpc) is 2.59. The molecule has 0 radical (unpaired) electrons. The van der Waals surface area contributed by atoms with Crippen LogP contribution in [0.15, 0.2) is 0 Å². The van der Waals surface area contributed by atoms with Crippen molar-refractivity contribution in [3.8, 4) is 0 Å². The van der Waals surface area contributed by atoms with Gasteiger partial charge in [-0.05, 0) is 32.2 Å². The van der Waals surface area contributed by atoms with Crippen LogP contribution in [-0.2, 0) is 4.79 Å². The summed E-state index contributed by atoms with van der Waals surface area (Å²) < 4.78 is 0. The van der Waals surface area contributed by atoms with Crippen molar-refractivity contribution >= 4 is 5.91 Å². The van der Waals surface area contributed by atoms with Crippen molar-refractivity contribution in [1.82, 2.24) is 10.2 Å². The molecule has 1 aliphatic heterocycles. The lowest BCUT2D eigenvalue weighted by Crippen LogP contribution is -2.55. The van der Waals surface area contributed by atoms with Crippen LogP contribution >= 0.6 is 0 Å². The van der Waals surface area contributed by atoms with Crippen molar-refractivity contribution in [2.24, 2.45) is 5.73 Å². The van der Waals surface area contributed by atoms with Crippen LogP contribution in [0.5, 0.6) is 0 Å². The summed E-state index contributed by atoms with van der Waals surface area (Å²) in [5.74, 6) is 0.169. The molecule has 1 atom stereocenters. The molecule has 4 heteroatoms. The maximum Gasteiger partial charge on any atom is 0.237 e. The predicted molar refractivity (Wildman–Crippen MR) is 54.8 cm³/mol. The number of nitrogens with one attached hydrogen (secondary N) is 1. The van der Waals surface area contributed by atoms with E-state index in [1.54, 1.807) is 7.05 Å². The number of hydrogen-bond donors (Lipinski definition) is 2. The van der Waals surface area contributed by atoms with Crippen LogP contribution < -0.4 is 11.1 Å².